The SMILES string of the molecule is CC(C)(C)OC(=O)c1cc(=O)cco1. The van der Waals surface area contributed by atoms with Crippen molar-refractivity contribution in [3.05, 3.63) is 34.4 Å². The first-order valence-electron chi connectivity index (χ1n) is 4.21. The van der Waals surface area contributed by atoms with Crippen molar-refractivity contribution in [2.45, 2.75) is 26.4 Å². The maximum absolute atomic E-state index is 11.4. The van der Waals surface area contributed by atoms with Crippen LogP contribution in [0.2, 0.25) is 0 Å². The Morgan fingerprint density at radius 3 is 2.57 bits per heavy atom. The molecule has 1 aromatic rings. The van der Waals surface area contributed by atoms with E-state index >= 15 is 0 Å². The maximum atomic E-state index is 11.4. The van der Waals surface area contributed by atoms with E-state index in [1.54, 1.807) is 20.8 Å². The first-order valence-corrected chi connectivity index (χ1v) is 4.21. The molecule has 4 heteroatoms. The molecule has 4 nitrogen and oxygen atoms in total. The van der Waals surface area contributed by atoms with Gasteiger partial charge in [0.2, 0.25) is 5.76 Å². The van der Waals surface area contributed by atoms with Crippen molar-refractivity contribution in [2.24, 2.45) is 0 Å². The molecule has 76 valence electrons. The molecule has 0 radical (unpaired) electrons. The van der Waals surface area contributed by atoms with Gasteiger partial charge in [-0.3, -0.25) is 4.79 Å². The van der Waals surface area contributed by atoms with Crippen LogP contribution in [0.3, 0.4) is 0 Å². The Hall–Kier alpha value is -1.58. The number of esters is 1. The first-order chi connectivity index (χ1) is 6.38. The van der Waals surface area contributed by atoms with Gasteiger partial charge in [-0.05, 0) is 20.8 Å². The molecule has 1 aromatic heterocycles. The fraction of sp³-hybridized carbons (Fsp3) is 0.400. The van der Waals surface area contributed by atoms with E-state index in [0.29, 0.717) is 0 Å². The smallest absolute Gasteiger partial charge is 0.374 e. The summed E-state index contributed by atoms with van der Waals surface area (Å²) >= 11 is 0. The number of hydrogen-bond donors (Lipinski definition) is 0. The highest BCUT2D eigenvalue weighted by molar-refractivity contribution is 5.86. The molecule has 0 N–H and O–H groups in total. The minimum absolute atomic E-state index is 0.0765. The van der Waals surface area contributed by atoms with Crippen LogP contribution in [-0.4, -0.2) is 11.6 Å². The minimum atomic E-state index is -0.629. The van der Waals surface area contributed by atoms with Crippen molar-refractivity contribution in [3.8, 4) is 0 Å². The van der Waals surface area contributed by atoms with Crippen molar-refractivity contribution in [3.63, 3.8) is 0 Å². The third-order valence-electron chi connectivity index (χ3n) is 1.30. The molecule has 0 saturated heterocycles. The molecule has 1 rings (SSSR count). The normalized spacial score (nSPS) is 11.1. The van der Waals surface area contributed by atoms with Crippen LogP contribution in [0.15, 0.2) is 27.6 Å². The van der Waals surface area contributed by atoms with Gasteiger partial charge in [-0.15, -0.1) is 0 Å². The standard InChI is InChI=1S/C10H12O4/c1-10(2,3)14-9(12)8-6-7(11)4-5-13-8/h4-6H,1-3H3. The van der Waals surface area contributed by atoms with Crippen molar-refractivity contribution in [1.82, 2.24) is 0 Å². The van der Waals surface area contributed by atoms with Gasteiger partial charge in [0.15, 0.2) is 5.43 Å². The van der Waals surface area contributed by atoms with E-state index < -0.39 is 11.6 Å². The molecule has 0 aliphatic carbocycles. The molecule has 0 atom stereocenters. The van der Waals surface area contributed by atoms with Gasteiger partial charge < -0.3 is 9.15 Å². The third-order valence-corrected chi connectivity index (χ3v) is 1.30. The summed E-state index contributed by atoms with van der Waals surface area (Å²) in [6, 6.07) is 2.34. The Morgan fingerprint density at radius 1 is 1.43 bits per heavy atom. The molecular weight excluding hydrogens is 184 g/mol. The van der Waals surface area contributed by atoms with E-state index in [2.05, 4.69) is 0 Å². The lowest BCUT2D eigenvalue weighted by Gasteiger charge is -2.18. The average Bonchev–Trinajstić information content (AvgIpc) is 2.01. The van der Waals surface area contributed by atoms with Crippen LogP contribution in [0.4, 0.5) is 0 Å². The minimum Gasteiger partial charge on any atom is -0.457 e. The van der Waals surface area contributed by atoms with Gasteiger partial charge in [-0.1, -0.05) is 0 Å². The van der Waals surface area contributed by atoms with Crippen LogP contribution < -0.4 is 5.43 Å². The summed E-state index contributed by atoms with van der Waals surface area (Å²) in [6.07, 6.45) is 1.17. The van der Waals surface area contributed by atoms with Crippen molar-refractivity contribution in [2.75, 3.05) is 0 Å². The highest BCUT2D eigenvalue weighted by Gasteiger charge is 2.19. The lowest BCUT2D eigenvalue weighted by molar-refractivity contribution is 0.00333. The second-order valence-corrected chi connectivity index (χ2v) is 3.83. The summed E-state index contributed by atoms with van der Waals surface area (Å²) in [5, 5.41) is 0. The second-order valence-electron chi connectivity index (χ2n) is 3.83. The van der Waals surface area contributed by atoms with Crippen LogP contribution in [0.1, 0.15) is 31.3 Å². The molecule has 0 aliphatic rings. The zero-order valence-electron chi connectivity index (χ0n) is 8.37. The maximum Gasteiger partial charge on any atom is 0.374 e. The molecule has 0 aromatic carbocycles. The lowest BCUT2D eigenvalue weighted by atomic mass is 10.2. The summed E-state index contributed by atoms with van der Waals surface area (Å²) < 4.78 is 9.85. The Bertz CT molecular complexity index is 384. The molecule has 0 bridgehead atoms. The molecule has 0 amide bonds. The second kappa shape index (κ2) is 3.65. The molecule has 14 heavy (non-hydrogen) atoms. The summed E-state index contributed by atoms with van der Waals surface area (Å²) in [5.41, 5.74) is -0.872. The van der Waals surface area contributed by atoms with Crippen LogP contribution in [0.5, 0.6) is 0 Å². The zero-order chi connectivity index (χ0) is 10.8. The highest BCUT2D eigenvalue weighted by atomic mass is 16.6. The quantitative estimate of drug-likeness (QED) is 0.640. The highest BCUT2D eigenvalue weighted by Crippen LogP contribution is 2.10. The van der Waals surface area contributed by atoms with E-state index in [0.717, 1.165) is 6.07 Å². The van der Waals surface area contributed by atoms with Crippen LogP contribution in [0, 0.1) is 0 Å². The van der Waals surface area contributed by atoms with Crippen LogP contribution in [-0.2, 0) is 4.74 Å². The number of ether oxygens (including phenoxy) is 1. The fourth-order valence-corrected chi connectivity index (χ4v) is 0.821. The van der Waals surface area contributed by atoms with E-state index in [4.69, 9.17) is 9.15 Å². The van der Waals surface area contributed by atoms with Crippen molar-refractivity contribution < 1.29 is 13.9 Å². The fourth-order valence-electron chi connectivity index (χ4n) is 0.821. The number of rotatable bonds is 1. The summed E-state index contributed by atoms with van der Waals surface area (Å²) in [4.78, 5) is 22.3. The van der Waals surface area contributed by atoms with Gasteiger partial charge in [-0.25, -0.2) is 4.79 Å². The zero-order valence-corrected chi connectivity index (χ0v) is 8.37. The van der Waals surface area contributed by atoms with E-state index in [9.17, 15) is 9.59 Å². The lowest BCUT2D eigenvalue weighted by Crippen LogP contribution is -2.24. The number of hydrogen-bond acceptors (Lipinski definition) is 4. The average molecular weight is 196 g/mol. The predicted molar refractivity (Wildman–Crippen MR) is 50.1 cm³/mol. The van der Waals surface area contributed by atoms with Crippen LogP contribution in [0.25, 0.3) is 0 Å². The molecule has 0 aliphatic heterocycles. The Kier molecular flexibility index (Phi) is 2.74. The summed E-state index contributed by atoms with van der Waals surface area (Å²) in [5.74, 6) is -0.706. The molecule has 0 unspecified atom stereocenters. The van der Waals surface area contributed by atoms with Crippen molar-refractivity contribution in [1.29, 1.82) is 0 Å². The van der Waals surface area contributed by atoms with Crippen molar-refractivity contribution >= 4 is 5.97 Å². The summed E-state index contributed by atoms with van der Waals surface area (Å²) in [7, 11) is 0. The monoisotopic (exact) mass is 196 g/mol. The predicted octanol–water partition coefficient (Wildman–Crippen LogP) is 1.60. The van der Waals surface area contributed by atoms with Gasteiger partial charge in [0.05, 0.1) is 6.26 Å². The van der Waals surface area contributed by atoms with Gasteiger partial charge >= 0.3 is 5.97 Å². The van der Waals surface area contributed by atoms with Gasteiger partial charge in [0.25, 0.3) is 0 Å². The van der Waals surface area contributed by atoms with E-state index in [1.165, 1.54) is 12.3 Å². The largest absolute Gasteiger partial charge is 0.457 e. The Labute approximate surface area is 81.5 Å². The third kappa shape index (κ3) is 3.05. The molecular formula is C10H12O4. The van der Waals surface area contributed by atoms with Crippen LogP contribution >= 0.6 is 0 Å². The molecule has 0 spiro atoms. The molecule has 0 saturated carbocycles. The number of carbonyl (C=O) groups excluding carboxylic acids is 1. The van der Waals surface area contributed by atoms with Gasteiger partial charge in [0.1, 0.15) is 5.60 Å². The van der Waals surface area contributed by atoms with Gasteiger partial charge in [0, 0.05) is 12.1 Å². The number of carbonyl (C=O) groups is 1. The van der Waals surface area contributed by atoms with E-state index in [1.807, 2.05) is 0 Å². The van der Waals surface area contributed by atoms with Gasteiger partial charge in [-0.2, -0.15) is 0 Å². The summed E-state index contributed by atoms with van der Waals surface area (Å²) in [6.45, 7) is 5.23. The topological polar surface area (TPSA) is 56.5 Å². The first kappa shape index (κ1) is 10.5. The Morgan fingerprint density at radius 2 is 2.07 bits per heavy atom. The molecule has 0 fully saturated rings. The van der Waals surface area contributed by atoms with E-state index in [-0.39, 0.29) is 11.2 Å². The Balaban J connectivity index is 2.86. The molecule has 1 heterocycles.